The number of benzene rings is 2. The van der Waals surface area contributed by atoms with E-state index in [1.54, 1.807) is 0 Å². The number of amides is 2. The first kappa shape index (κ1) is 40.2. The first-order chi connectivity index (χ1) is 21.4. The Morgan fingerprint density at radius 3 is 1.34 bits per heavy atom. The Kier molecular flexibility index (Phi) is 13.6. The third kappa shape index (κ3) is 12.2. The van der Waals surface area contributed by atoms with Gasteiger partial charge in [-0.15, -0.1) is 0 Å². The molecule has 6 nitrogen and oxygen atoms in total. The summed E-state index contributed by atoms with van der Waals surface area (Å²) in [6.45, 7) is 26.6. The molecule has 0 saturated heterocycles. The normalized spacial score (nSPS) is 12.7. The Hall–Kier alpha value is -3.02. The van der Waals surface area contributed by atoms with E-state index in [1.165, 1.54) is 0 Å². The molecule has 3 N–H and O–H groups in total. The Labute approximate surface area is 286 Å². The predicted molar refractivity (Wildman–Crippen MR) is 197 cm³/mol. The standard InChI is InChI=1S/C41H66N2O4/c1-38(2,3)30-24-28(25-31(36(30)46)39(4,5)6)18-20-34(44)42-22-16-14-15-17-23-43(13)35(45)21-19-29-26-32(40(7,8)9)37(47)33(27-29)41(10,11)12/h24-27,46-47H,14-23H2,1-13H3,(H,42,44). The van der Waals surface area contributed by atoms with Gasteiger partial charge in [0.05, 0.1) is 0 Å². The summed E-state index contributed by atoms with van der Waals surface area (Å²) < 4.78 is 0. The summed E-state index contributed by atoms with van der Waals surface area (Å²) in [7, 11) is 1.88. The average molecular weight is 651 g/mol. The van der Waals surface area contributed by atoms with Crippen molar-refractivity contribution in [3.05, 3.63) is 57.6 Å². The molecule has 264 valence electrons. The van der Waals surface area contributed by atoms with Crippen molar-refractivity contribution in [2.75, 3.05) is 20.1 Å². The van der Waals surface area contributed by atoms with Gasteiger partial charge in [0.25, 0.3) is 0 Å². The van der Waals surface area contributed by atoms with Crippen LogP contribution in [0.5, 0.6) is 11.5 Å². The van der Waals surface area contributed by atoms with Crippen molar-refractivity contribution in [2.45, 2.75) is 156 Å². The van der Waals surface area contributed by atoms with Gasteiger partial charge in [-0.2, -0.15) is 0 Å². The maximum atomic E-state index is 12.9. The maximum absolute atomic E-state index is 12.9. The number of nitrogens with one attached hydrogen (secondary N) is 1. The summed E-state index contributed by atoms with van der Waals surface area (Å²) in [4.78, 5) is 27.3. The molecular formula is C41H66N2O4. The SMILES string of the molecule is CN(CCCCCCNC(=O)CCc1cc(C(C)(C)C)c(O)c(C(C)(C)C)c1)C(=O)CCc1cc(C(C)(C)C)c(O)c(C(C)(C)C)c1. The highest BCUT2D eigenvalue weighted by molar-refractivity contribution is 5.76. The van der Waals surface area contributed by atoms with E-state index in [9.17, 15) is 19.8 Å². The molecule has 2 amide bonds. The van der Waals surface area contributed by atoms with Gasteiger partial charge in [0.15, 0.2) is 0 Å². The zero-order valence-corrected chi connectivity index (χ0v) is 32.0. The minimum atomic E-state index is -0.190. The first-order valence-corrected chi connectivity index (χ1v) is 17.7. The summed E-state index contributed by atoms with van der Waals surface area (Å²) in [5.41, 5.74) is 5.12. The van der Waals surface area contributed by atoms with Crippen LogP contribution in [0, 0.1) is 0 Å². The fourth-order valence-corrected chi connectivity index (χ4v) is 5.93. The number of aryl methyl sites for hydroxylation is 2. The van der Waals surface area contributed by atoms with Gasteiger partial charge in [-0.05, 0) is 80.7 Å². The summed E-state index contributed by atoms with van der Waals surface area (Å²) in [6, 6.07) is 8.24. The largest absolute Gasteiger partial charge is 0.507 e. The molecule has 0 bridgehead atoms. The lowest BCUT2D eigenvalue weighted by atomic mass is 9.78. The van der Waals surface area contributed by atoms with Crippen molar-refractivity contribution in [1.82, 2.24) is 10.2 Å². The molecule has 0 atom stereocenters. The lowest BCUT2D eigenvalue weighted by Crippen LogP contribution is -2.28. The van der Waals surface area contributed by atoms with Crippen LogP contribution >= 0.6 is 0 Å². The van der Waals surface area contributed by atoms with Gasteiger partial charge in [-0.1, -0.05) is 120 Å². The van der Waals surface area contributed by atoms with E-state index in [0.717, 1.165) is 65.6 Å². The number of carbonyl (C=O) groups excluding carboxylic acids is 2. The molecule has 0 aliphatic rings. The second kappa shape index (κ2) is 15.9. The third-order valence-electron chi connectivity index (χ3n) is 9.01. The Balaban J connectivity index is 1.76. The fraction of sp³-hybridized carbons (Fsp3) is 0.659. The van der Waals surface area contributed by atoms with Crippen LogP contribution < -0.4 is 5.32 Å². The number of hydrogen-bond donors (Lipinski definition) is 3. The molecule has 2 rings (SSSR count). The summed E-state index contributed by atoms with van der Waals surface area (Å²) in [5.74, 6) is 0.927. The van der Waals surface area contributed by atoms with Gasteiger partial charge < -0.3 is 20.4 Å². The van der Waals surface area contributed by atoms with E-state index >= 15 is 0 Å². The quantitative estimate of drug-likeness (QED) is 0.189. The van der Waals surface area contributed by atoms with E-state index in [-0.39, 0.29) is 33.5 Å². The molecule has 0 fully saturated rings. The highest BCUT2D eigenvalue weighted by Crippen LogP contribution is 2.41. The lowest BCUT2D eigenvalue weighted by Gasteiger charge is -2.28. The van der Waals surface area contributed by atoms with Crippen LogP contribution in [-0.2, 0) is 44.1 Å². The smallest absolute Gasteiger partial charge is 0.222 e. The molecule has 0 unspecified atom stereocenters. The van der Waals surface area contributed by atoms with E-state index in [4.69, 9.17) is 0 Å². The Morgan fingerprint density at radius 2 is 0.957 bits per heavy atom. The number of unbranched alkanes of at least 4 members (excludes halogenated alkanes) is 3. The Bertz CT molecular complexity index is 1290. The maximum Gasteiger partial charge on any atom is 0.222 e. The number of rotatable bonds is 13. The number of aromatic hydroxyl groups is 2. The van der Waals surface area contributed by atoms with Gasteiger partial charge in [-0.25, -0.2) is 0 Å². The van der Waals surface area contributed by atoms with E-state index in [2.05, 4.69) is 113 Å². The zero-order valence-electron chi connectivity index (χ0n) is 32.0. The highest BCUT2D eigenvalue weighted by atomic mass is 16.3. The van der Waals surface area contributed by atoms with Crippen LogP contribution in [0.2, 0.25) is 0 Å². The van der Waals surface area contributed by atoms with Crippen LogP contribution in [0.15, 0.2) is 24.3 Å². The number of carbonyl (C=O) groups is 2. The minimum absolute atomic E-state index is 0.0518. The monoisotopic (exact) mass is 651 g/mol. The zero-order chi connectivity index (χ0) is 36.0. The summed E-state index contributed by atoms with van der Waals surface area (Å²) in [5, 5.41) is 25.0. The number of hydrogen-bond acceptors (Lipinski definition) is 4. The molecule has 2 aromatic rings. The van der Waals surface area contributed by atoms with Crippen molar-refractivity contribution < 1.29 is 19.8 Å². The van der Waals surface area contributed by atoms with Crippen LogP contribution in [-0.4, -0.2) is 47.1 Å². The predicted octanol–water partition coefficient (Wildman–Crippen LogP) is 8.99. The molecule has 47 heavy (non-hydrogen) atoms. The van der Waals surface area contributed by atoms with Crippen molar-refractivity contribution in [1.29, 1.82) is 0 Å². The van der Waals surface area contributed by atoms with Gasteiger partial charge >= 0.3 is 0 Å². The van der Waals surface area contributed by atoms with Crippen molar-refractivity contribution in [3.8, 4) is 11.5 Å². The molecule has 0 radical (unpaired) electrons. The van der Waals surface area contributed by atoms with Gasteiger partial charge in [0, 0.05) is 33.0 Å². The number of nitrogens with zero attached hydrogens (tertiary/aromatic N) is 1. The molecule has 0 aromatic heterocycles. The topological polar surface area (TPSA) is 89.9 Å². The second-order valence-electron chi connectivity index (χ2n) is 17.7. The van der Waals surface area contributed by atoms with E-state index in [0.29, 0.717) is 43.7 Å². The number of phenolic OH excluding ortho intramolecular Hbond substituents is 2. The highest BCUT2D eigenvalue weighted by Gasteiger charge is 2.28. The lowest BCUT2D eigenvalue weighted by molar-refractivity contribution is -0.130. The van der Waals surface area contributed by atoms with Crippen LogP contribution in [0.1, 0.15) is 155 Å². The third-order valence-corrected chi connectivity index (χ3v) is 9.01. The molecule has 0 aliphatic carbocycles. The molecule has 0 heterocycles. The second-order valence-corrected chi connectivity index (χ2v) is 17.7. The Morgan fingerprint density at radius 1 is 0.596 bits per heavy atom. The molecule has 0 spiro atoms. The molecule has 2 aromatic carbocycles. The molecule has 0 saturated carbocycles. The van der Waals surface area contributed by atoms with Crippen LogP contribution in [0.3, 0.4) is 0 Å². The average Bonchev–Trinajstić information content (AvgIpc) is 2.92. The van der Waals surface area contributed by atoms with Crippen molar-refractivity contribution >= 4 is 11.8 Å². The summed E-state index contributed by atoms with van der Waals surface area (Å²) >= 11 is 0. The molecule has 6 heteroatoms. The summed E-state index contributed by atoms with van der Waals surface area (Å²) in [6.07, 6.45) is 6.02. The van der Waals surface area contributed by atoms with Crippen molar-refractivity contribution in [2.24, 2.45) is 0 Å². The van der Waals surface area contributed by atoms with Gasteiger partial charge in [0.2, 0.25) is 11.8 Å². The van der Waals surface area contributed by atoms with Crippen LogP contribution in [0.25, 0.3) is 0 Å². The van der Waals surface area contributed by atoms with Crippen LogP contribution in [0.4, 0.5) is 0 Å². The molecule has 0 aliphatic heterocycles. The minimum Gasteiger partial charge on any atom is -0.507 e. The van der Waals surface area contributed by atoms with Crippen molar-refractivity contribution in [3.63, 3.8) is 0 Å². The number of phenols is 2. The van der Waals surface area contributed by atoms with E-state index < -0.39 is 0 Å². The first-order valence-electron chi connectivity index (χ1n) is 17.7. The van der Waals surface area contributed by atoms with Gasteiger partial charge in [0.1, 0.15) is 11.5 Å². The van der Waals surface area contributed by atoms with E-state index in [1.807, 2.05) is 11.9 Å². The molecular weight excluding hydrogens is 584 g/mol. The fourth-order valence-electron chi connectivity index (χ4n) is 5.93. The van der Waals surface area contributed by atoms with Gasteiger partial charge in [-0.3, -0.25) is 9.59 Å².